The molecule has 4 amide bonds. The molecule has 0 aromatic heterocycles. The topological polar surface area (TPSA) is 87.7 Å². The predicted octanol–water partition coefficient (Wildman–Crippen LogP) is 1.10. The number of alkyl carbamates (subject to hydrolysis) is 1. The standard InChI is InChI=1S/C11H14F3N3O4/c1-21-9(20)16-10(11(12,13)14)7(18)17(8(19)15-10)6-4-2-3-5-6/h6H,2-5H2,1H3,(H,15,19)(H,16,20). The molecule has 0 aromatic rings. The van der Waals surface area contributed by atoms with Crippen molar-refractivity contribution in [2.24, 2.45) is 0 Å². The highest BCUT2D eigenvalue weighted by atomic mass is 19.4. The van der Waals surface area contributed by atoms with Crippen molar-refractivity contribution in [3.8, 4) is 0 Å². The molecule has 1 saturated heterocycles. The molecule has 2 fully saturated rings. The van der Waals surface area contributed by atoms with Gasteiger partial charge in [0.15, 0.2) is 0 Å². The predicted molar refractivity (Wildman–Crippen MR) is 62.0 cm³/mol. The summed E-state index contributed by atoms with van der Waals surface area (Å²) in [5.74, 6) is -1.53. The third-order valence-electron chi connectivity index (χ3n) is 3.64. The fourth-order valence-corrected chi connectivity index (χ4v) is 2.59. The van der Waals surface area contributed by atoms with Gasteiger partial charge in [-0.3, -0.25) is 20.3 Å². The average Bonchev–Trinajstić information content (AvgIpc) is 2.96. The summed E-state index contributed by atoms with van der Waals surface area (Å²) < 4.78 is 43.9. The molecule has 2 aliphatic rings. The summed E-state index contributed by atoms with van der Waals surface area (Å²) in [5.41, 5.74) is -3.47. The average molecular weight is 309 g/mol. The zero-order valence-corrected chi connectivity index (χ0v) is 11.1. The molecule has 1 atom stereocenters. The molecule has 10 heteroatoms. The summed E-state index contributed by atoms with van der Waals surface area (Å²) in [6.45, 7) is 0. The van der Waals surface area contributed by atoms with E-state index in [2.05, 4.69) is 4.74 Å². The highest BCUT2D eigenvalue weighted by Gasteiger charge is 2.69. The van der Waals surface area contributed by atoms with Gasteiger partial charge in [-0.25, -0.2) is 9.59 Å². The van der Waals surface area contributed by atoms with E-state index in [-0.39, 0.29) is 0 Å². The summed E-state index contributed by atoms with van der Waals surface area (Å²) in [4.78, 5) is 35.7. The number of nitrogens with one attached hydrogen (secondary N) is 2. The van der Waals surface area contributed by atoms with Crippen LogP contribution in [0.15, 0.2) is 0 Å². The number of hydrogen-bond donors (Lipinski definition) is 2. The third kappa shape index (κ3) is 2.38. The zero-order valence-electron chi connectivity index (χ0n) is 11.1. The fraction of sp³-hybridized carbons (Fsp3) is 0.727. The number of nitrogens with zero attached hydrogens (tertiary/aromatic N) is 1. The van der Waals surface area contributed by atoms with Crippen LogP contribution in [0.4, 0.5) is 22.8 Å². The number of carbonyl (C=O) groups is 3. The monoisotopic (exact) mass is 309 g/mol. The van der Waals surface area contributed by atoms with Crippen LogP contribution >= 0.6 is 0 Å². The Morgan fingerprint density at radius 2 is 1.95 bits per heavy atom. The maximum atomic E-state index is 13.3. The number of halogens is 3. The van der Waals surface area contributed by atoms with Gasteiger partial charge in [0.05, 0.1) is 7.11 Å². The van der Waals surface area contributed by atoms with Gasteiger partial charge in [-0.1, -0.05) is 12.8 Å². The van der Waals surface area contributed by atoms with Crippen molar-refractivity contribution < 1.29 is 32.3 Å². The van der Waals surface area contributed by atoms with Crippen LogP contribution in [0.5, 0.6) is 0 Å². The van der Waals surface area contributed by atoms with E-state index in [1.165, 1.54) is 5.32 Å². The molecule has 21 heavy (non-hydrogen) atoms. The Morgan fingerprint density at radius 3 is 2.43 bits per heavy atom. The molecule has 2 N–H and O–H groups in total. The molecular formula is C11H14F3N3O4. The minimum absolute atomic E-state index is 0.450. The summed E-state index contributed by atoms with van der Waals surface area (Å²) in [6, 6.07) is -1.75. The first-order valence-electron chi connectivity index (χ1n) is 6.31. The second-order valence-corrected chi connectivity index (χ2v) is 4.91. The summed E-state index contributed by atoms with van der Waals surface area (Å²) in [5, 5.41) is 2.96. The number of rotatable bonds is 2. The van der Waals surface area contributed by atoms with Crippen molar-refractivity contribution in [1.82, 2.24) is 15.5 Å². The number of alkyl halides is 3. The van der Waals surface area contributed by atoms with Gasteiger partial charge in [0.1, 0.15) is 0 Å². The van der Waals surface area contributed by atoms with E-state index < -0.39 is 35.9 Å². The molecular weight excluding hydrogens is 295 g/mol. The van der Waals surface area contributed by atoms with Crippen LogP contribution in [-0.4, -0.2) is 47.9 Å². The minimum atomic E-state index is -5.19. The lowest BCUT2D eigenvalue weighted by molar-refractivity contribution is -0.201. The van der Waals surface area contributed by atoms with Crippen LogP contribution in [0.1, 0.15) is 25.7 Å². The summed E-state index contributed by atoms with van der Waals surface area (Å²) >= 11 is 0. The lowest BCUT2D eigenvalue weighted by atomic mass is 10.1. The van der Waals surface area contributed by atoms with Gasteiger partial charge < -0.3 is 4.74 Å². The number of hydrogen-bond acceptors (Lipinski definition) is 4. The van der Waals surface area contributed by atoms with Crippen molar-refractivity contribution in [3.05, 3.63) is 0 Å². The maximum absolute atomic E-state index is 13.3. The minimum Gasteiger partial charge on any atom is -0.453 e. The van der Waals surface area contributed by atoms with Gasteiger partial charge in [-0.2, -0.15) is 13.2 Å². The van der Waals surface area contributed by atoms with Crippen LogP contribution in [0.3, 0.4) is 0 Å². The molecule has 118 valence electrons. The van der Waals surface area contributed by atoms with E-state index in [1.807, 2.05) is 0 Å². The molecule has 1 aliphatic carbocycles. The fourth-order valence-electron chi connectivity index (χ4n) is 2.59. The highest BCUT2D eigenvalue weighted by Crippen LogP contribution is 2.36. The molecule has 1 unspecified atom stereocenters. The molecule has 1 heterocycles. The summed E-state index contributed by atoms with van der Waals surface area (Å²) in [7, 11) is 0.857. The normalized spacial score (nSPS) is 27.0. The summed E-state index contributed by atoms with van der Waals surface area (Å²) in [6.07, 6.45) is -4.30. The largest absolute Gasteiger partial charge is 0.453 e. The van der Waals surface area contributed by atoms with Crippen LogP contribution < -0.4 is 10.6 Å². The smallest absolute Gasteiger partial charge is 0.440 e. The van der Waals surface area contributed by atoms with Crippen molar-refractivity contribution in [2.45, 2.75) is 43.6 Å². The van der Waals surface area contributed by atoms with Gasteiger partial charge in [0.25, 0.3) is 11.6 Å². The number of urea groups is 1. The number of imide groups is 1. The zero-order chi connectivity index (χ0) is 15.8. The van der Waals surface area contributed by atoms with Crippen molar-refractivity contribution in [3.63, 3.8) is 0 Å². The van der Waals surface area contributed by atoms with Crippen LogP contribution in [0.2, 0.25) is 0 Å². The van der Waals surface area contributed by atoms with Gasteiger partial charge in [0.2, 0.25) is 0 Å². The molecule has 7 nitrogen and oxygen atoms in total. The van der Waals surface area contributed by atoms with Crippen molar-refractivity contribution in [1.29, 1.82) is 0 Å². The second kappa shape index (κ2) is 5.08. The van der Waals surface area contributed by atoms with E-state index in [0.717, 1.165) is 20.0 Å². The lowest BCUT2D eigenvalue weighted by Crippen LogP contribution is -2.69. The van der Waals surface area contributed by atoms with E-state index in [1.54, 1.807) is 5.32 Å². The molecule has 1 aliphatic heterocycles. The SMILES string of the molecule is COC(=O)NC1(C(F)(F)F)NC(=O)N(C2CCCC2)C1=O. The Bertz CT molecular complexity index is 476. The van der Waals surface area contributed by atoms with Crippen molar-refractivity contribution >= 4 is 18.0 Å². The first-order valence-corrected chi connectivity index (χ1v) is 6.31. The molecule has 0 bridgehead atoms. The first-order chi connectivity index (χ1) is 9.73. The Labute approximate surface area is 117 Å². The molecule has 0 aromatic carbocycles. The Hall–Kier alpha value is -2.00. The quantitative estimate of drug-likeness (QED) is 0.748. The van der Waals surface area contributed by atoms with Gasteiger partial charge in [-0.15, -0.1) is 0 Å². The maximum Gasteiger partial charge on any atom is 0.440 e. The lowest BCUT2D eigenvalue weighted by Gasteiger charge is -2.29. The second-order valence-electron chi connectivity index (χ2n) is 4.91. The van der Waals surface area contributed by atoms with Gasteiger partial charge in [-0.05, 0) is 12.8 Å². The Balaban J connectivity index is 2.35. The van der Waals surface area contributed by atoms with Crippen LogP contribution in [0.25, 0.3) is 0 Å². The number of methoxy groups -OCH3 is 1. The highest BCUT2D eigenvalue weighted by molar-refractivity contribution is 6.08. The van der Waals surface area contributed by atoms with Gasteiger partial charge in [0, 0.05) is 6.04 Å². The number of amides is 4. The number of carbonyl (C=O) groups excluding carboxylic acids is 3. The van der Waals surface area contributed by atoms with E-state index in [4.69, 9.17) is 0 Å². The molecule has 0 radical (unpaired) electrons. The first kappa shape index (κ1) is 15.4. The molecule has 2 rings (SSSR count). The van der Waals surface area contributed by atoms with E-state index in [9.17, 15) is 27.6 Å². The Kier molecular flexibility index (Phi) is 3.72. The molecule has 0 spiro atoms. The molecule has 1 saturated carbocycles. The van der Waals surface area contributed by atoms with Crippen LogP contribution in [-0.2, 0) is 9.53 Å². The number of ether oxygens (including phenoxy) is 1. The van der Waals surface area contributed by atoms with Crippen LogP contribution in [0, 0.1) is 0 Å². The van der Waals surface area contributed by atoms with Gasteiger partial charge >= 0.3 is 18.3 Å². The third-order valence-corrected chi connectivity index (χ3v) is 3.64. The van der Waals surface area contributed by atoms with E-state index in [0.29, 0.717) is 17.7 Å². The van der Waals surface area contributed by atoms with Crippen molar-refractivity contribution in [2.75, 3.05) is 7.11 Å². The Morgan fingerprint density at radius 1 is 1.38 bits per heavy atom. The van der Waals surface area contributed by atoms with E-state index >= 15 is 0 Å².